The number of hydrogen-bond donors (Lipinski definition) is 0. The first-order valence-corrected chi connectivity index (χ1v) is 9.57. The Morgan fingerprint density at radius 3 is 2.52 bits per heavy atom. The van der Waals surface area contributed by atoms with Crippen LogP contribution in [0.4, 0.5) is 4.39 Å². The van der Waals surface area contributed by atoms with Crippen LogP contribution in [0.5, 0.6) is 5.75 Å². The Balaban J connectivity index is 2.05. The topological polar surface area (TPSA) is 44.1 Å². The number of benzene rings is 2. The van der Waals surface area contributed by atoms with E-state index in [1.807, 2.05) is 48.9 Å². The largest absolute Gasteiger partial charge is 0.494 e. The molecule has 0 N–H and O–H groups in total. The van der Waals surface area contributed by atoms with Gasteiger partial charge in [0, 0.05) is 23.7 Å². The van der Waals surface area contributed by atoms with Crippen LogP contribution in [-0.2, 0) is 11.3 Å². The van der Waals surface area contributed by atoms with E-state index in [1.54, 1.807) is 18.2 Å². The van der Waals surface area contributed by atoms with Crippen molar-refractivity contribution < 1.29 is 13.9 Å². The smallest absolute Gasteiger partial charge is 0.165 e. The molecule has 3 rings (SSSR count). The molecular weight excluding hydrogens is 367 g/mol. The molecule has 1 aromatic heterocycles. The molecule has 1 heterocycles. The van der Waals surface area contributed by atoms with Crippen molar-refractivity contribution in [1.29, 1.82) is 0 Å². The van der Waals surface area contributed by atoms with Gasteiger partial charge in [0.1, 0.15) is 5.82 Å². The molecule has 0 saturated carbocycles. The number of halogens is 1. The van der Waals surface area contributed by atoms with Crippen LogP contribution >= 0.6 is 0 Å². The molecule has 3 aromatic rings. The fraction of sp³-hybridized carbons (Fsp3) is 0.250. The first-order valence-electron chi connectivity index (χ1n) is 9.57. The lowest BCUT2D eigenvalue weighted by atomic mass is 10.1. The number of rotatable bonds is 8. The first-order chi connectivity index (χ1) is 13.9. The molecule has 0 aliphatic heterocycles. The fourth-order valence-electron chi connectivity index (χ4n) is 3.20. The van der Waals surface area contributed by atoms with Crippen molar-refractivity contribution in [3.05, 3.63) is 66.6 Å². The molecule has 0 radical (unpaired) electrons. The zero-order valence-electron chi connectivity index (χ0n) is 17.0. The molecule has 0 aliphatic carbocycles. The first kappa shape index (κ1) is 20.5. The summed E-state index contributed by atoms with van der Waals surface area (Å²) in [6.07, 6.45) is 4.14. The maximum atomic E-state index is 13.9. The second kappa shape index (κ2) is 8.86. The molecule has 0 amide bonds. The lowest BCUT2D eigenvalue weighted by molar-refractivity contribution is -0.120. The summed E-state index contributed by atoms with van der Waals surface area (Å²) in [5.74, 6) is 0.712. The van der Waals surface area contributed by atoms with Gasteiger partial charge < -0.3 is 9.30 Å². The van der Waals surface area contributed by atoms with Gasteiger partial charge in [-0.05, 0) is 29.7 Å². The molecule has 4 nitrogen and oxygen atoms in total. The van der Waals surface area contributed by atoms with Gasteiger partial charge in [-0.15, -0.1) is 0 Å². The number of ether oxygens (including phenoxy) is 1. The van der Waals surface area contributed by atoms with Gasteiger partial charge in [0.2, 0.25) is 0 Å². The zero-order valence-corrected chi connectivity index (χ0v) is 17.0. The fourth-order valence-corrected chi connectivity index (χ4v) is 3.20. The van der Waals surface area contributed by atoms with Crippen LogP contribution in [0, 0.1) is 11.7 Å². The van der Waals surface area contributed by atoms with Crippen molar-refractivity contribution in [1.82, 2.24) is 9.55 Å². The minimum Gasteiger partial charge on any atom is -0.494 e. The van der Waals surface area contributed by atoms with Crippen molar-refractivity contribution in [3.63, 3.8) is 0 Å². The van der Waals surface area contributed by atoms with Gasteiger partial charge >= 0.3 is 0 Å². The second-order valence-corrected chi connectivity index (χ2v) is 7.39. The average molecular weight is 392 g/mol. The van der Waals surface area contributed by atoms with Crippen LogP contribution in [0.3, 0.4) is 0 Å². The average Bonchev–Trinajstić information content (AvgIpc) is 3.11. The minimum absolute atomic E-state index is 0.126. The van der Waals surface area contributed by atoms with E-state index in [9.17, 15) is 9.18 Å². The summed E-state index contributed by atoms with van der Waals surface area (Å²) in [5.41, 5.74) is 3.38. The predicted molar refractivity (Wildman–Crippen MR) is 114 cm³/mol. The summed E-state index contributed by atoms with van der Waals surface area (Å²) in [4.78, 5) is 17.2. The lowest BCUT2D eigenvalue weighted by Gasteiger charge is -2.10. The van der Waals surface area contributed by atoms with Gasteiger partial charge in [-0.25, -0.2) is 9.37 Å². The Hall–Kier alpha value is -3.21. The van der Waals surface area contributed by atoms with E-state index in [0.717, 1.165) is 16.8 Å². The molecule has 0 unspecified atom stereocenters. The van der Waals surface area contributed by atoms with Crippen molar-refractivity contribution >= 4 is 11.9 Å². The van der Waals surface area contributed by atoms with Crippen LogP contribution in [0.15, 0.2) is 55.2 Å². The Morgan fingerprint density at radius 2 is 1.90 bits per heavy atom. The maximum absolute atomic E-state index is 13.9. The van der Waals surface area contributed by atoms with Crippen molar-refractivity contribution in [3.8, 4) is 28.4 Å². The molecular formula is C24H25FN2O2. The van der Waals surface area contributed by atoms with Gasteiger partial charge in [0.15, 0.2) is 17.3 Å². The number of carbonyl (C=O) groups excluding carboxylic acids is 1. The Bertz CT molecular complexity index is 1020. The Kier molecular flexibility index (Phi) is 6.27. The molecule has 0 bridgehead atoms. The summed E-state index contributed by atoms with van der Waals surface area (Å²) in [6, 6.07) is 12.5. The summed E-state index contributed by atoms with van der Waals surface area (Å²) < 4.78 is 20.8. The summed E-state index contributed by atoms with van der Waals surface area (Å²) >= 11 is 0. The molecule has 5 heteroatoms. The number of imidazole rings is 1. The normalized spacial score (nSPS) is 10.9. The van der Waals surface area contributed by atoms with Gasteiger partial charge in [-0.1, -0.05) is 50.8 Å². The highest BCUT2D eigenvalue weighted by atomic mass is 19.1. The van der Waals surface area contributed by atoms with Crippen molar-refractivity contribution in [2.24, 2.45) is 5.92 Å². The van der Waals surface area contributed by atoms with E-state index in [2.05, 4.69) is 6.58 Å². The summed E-state index contributed by atoms with van der Waals surface area (Å²) in [7, 11) is 1.42. The summed E-state index contributed by atoms with van der Waals surface area (Å²) in [6.45, 7) is 8.02. The molecule has 0 spiro atoms. The molecule has 2 aromatic carbocycles. The van der Waals surface area contributed by atoms with E-state index < -0.39 is 5.82 Å². The van der Waals surface area contributed by atoms with E-state index >= 15 is 0 Å². The van der Waals surface area contributed by atoms with Crippen molar-refractivity contribution in [2.75, 3.05) is 7.11 Å². The second-order valence-electron chi connectivity index (χ2n) is 7.39. The van der Waals surface area contributed by atoms with E-state index in [0.29, 0.717) is 17.8 Å². The summed E-state index contributed by atoms with van der Waals surface area (Å²) in [5, 5.41) is 0. The third-order valence-corrected chi connectivity index (χ3v) is 4.61. The quantitative estimate of drug-likeness (QED) is 0.499. The molecule has 0 fully saturated rings. The number of Topliss-reactive ketones (excluding diaryl/α,β-unsaturated/α-hetero) is 1. The maximum Gasteiger partial charge on any atom is 0.165 e. The molecule has 150 valence electrons. The number of carbonyl (C=O) groups is 1. The molecule has 29 heavy (non-hydrogen) atoms. The van der Waals surface area contributed by atoms with Crippen LogP contribution < -0.4 is 4.74 Å². The number of methoxy groups -OCH3 is 1. The number of aromatic nitrogens is 2. The third kappa shape index (κ3) is 4.80. The monoisotopic (exact) mass is 392 g/mol. The number of ketones is 1. The predicted octanol–water partition coefficient (Wildman–Crippen LogP) is 5.62. The minimum atomic E-state index is -0.439. The van der Waals surface area contributed by atoms with E-state index in [-0.39, 0.29) is 24.0 Å². The van der Waals surface area contributed by atoms with Crippen LogP contribution in [0.1, 0.15) is 25.8 Å². The van der Waals surface area contributed by atoms with Gasteiger partial charge in [0.25, 0.3) is 0 Å². The van der Waals surface area contributed by atoms with Gasteiger partial charge in [0.05, 0.1) is 19.3 Å². The standard InChI is InChI=1S/C24H25FN2O2/c1-5-17-6-8-18(9-7-17)22-15-27(14-20(28)12-16(2)3)24(26-22)19-10-11-21(25)23(13-19)29-4/h5-11,13,15-16H,1,12,14H2,2-4H3. The van der Waals surface area contributed by atoms with Crippen LogP contribution in [0.25, 0.3) is 28.7 Å². The van der Waals surface area contributed by atoms with E-state index in [4.69, 9.17) is 9.72 Å². The highest BCUT2D eigenvalue weighted by Gasteiger charge is 2.16. The Labute approximate surface area is 170 Å². The SMILES string of the molecule is C=Cc1ccc(-c2cn(CC(=O)CC(C)C)c(-c3ccc(F)c(OC)c3)n2)cc1. The molecule has 0 aliphatic rings. The van der Waals surface area contributed by atoms with Crippen LogP contribution in [-0.4, -0.2) is 22.4 Å². The van der Waals surface area contributed by atoms with Gasteiger partial charge in [-0.2, -0.15) is 0 Å². The van der Waals surface area contributed by atoms with E-state index in [1.165, 1.54) is 13.2 Å². The number of nitrogens with zero attached hydrogens (tertiary/aromatic N) is 2. The van der Waals surface area contributed by atoms with Crippen molar-refractivity contribution in [2.45, 2.75) is 26.8 Å². The third-order valence-electron chi connectivity index (χ3n) is 4.61. The zero-order chi connectivity index (χ0) is 21.0. The molecule has 0 saturated heterocycles. The van der Waals surface area contributed by atoms with Crippen LogP contribution in [0.2, 0.25) is 0 Å². The highest BCUT2D eigenvalue weighted by Crippen LogP contribution is 2.29. The highest BCUT2D eigenvalue weighted by molar-refractivity contribution is 5.79. The van der Waals surface area contributed by atoms with Gasteiger partial charge in [-0.3, -0.25) is 4.79 Å². The lowest BCUT2D eigenvalue weighted by Crippen LogP contribution is -2.12. The molecule has 0 atom stereocenters. The number of hydrogen-bond acceptors (Lipinski definition) is 3. The Morgan fingerprint density at radius 1 is 1.21 bits per heavy atom.